The maximum atomic E-state index is 5.55. The van der Waals surface area contributed by atoms with E-state index < -0.39 is 0 Å². The summed E-state index contributed by atoms with van der Waals surface area (Å²) in [6.45, 7) is 5.87. The Labute approximate surface area is 126 Å². The molecular formula is C16H24N4O. The van der Waals surface area contributed by atoms with Crippen molar-refractivity contribution in [3.8, 4) is 11.4 Å². The van der Waals surface area contributed by atoms with Crippen LogP contribution in [0.25, 0.3) is 5.69 Å². The van der Waals surface area contributed by atoms with Crippen molar-refractivity contribution in [3.63, 3.8) is 0 Å². The zero-order valence-electron chi connectivity index (χ0n) is 13.0. The van der Waals surface area contributed by atoms with Crippen molar-refractivity contribution < 1.29 is 4.74 Å². The molecule has 1 heterocycles. The number of nitrogens with two attached hydrogens (primary N) is 1. The summed E-state index contributed by atoms with van der Waals surface area (Å²) in [6.07, 6.45) is 2.82. The number of nitrogens with zero attached hydrogens (tertiary/aromatic N) is 2. The van der Waals surface area contributed by atoms with E-state index in [9.17, 15) is 0 Å². The summed E-state index contributed by atoms with van der Waals surface area (Å²) in [5, 5.41) is 7.96. The van der Waals surface area contributed by atoms with Crippen LogP contribution in [0, 0.1) is 0 Å². The summed E-state index contributed by atoms with van der Waals surface area (Å²) in [6, 6.07) is 7.91. The third-order valence-electron chi connectivity index (χ3n) is 3.36. The van der Waals surface area contributed by atoms with Gasteiger partial charge in [0.2, 0.25) is 0 Å². The van der Waals surface area contributed by atoms with E-state index >= 15 is 0 Å². The summed E-state index contributed by atoms with van der Waals surface area (Å²) in [7, 11) is 1.68. The third kappa shape index (κ3) is 3.36. The topological polar surface area (TPSA) is 65.1 Å². The van der Waals surface area contributed by atoms with Gasteiger partial charge in [0.1, 0.15) is 11.4 Å². The van der Waals surface area contributed by atoms with Crippen molar-refractivity contribution >= 4 is 5.69 Å². The summed E-state index contributed by atoms with van der Waals surface area (Å²) in [5.41, 5.74) is 8.71. The lowest BCUT2D eigenvalue weighted by Gasteiger charge is -2.15. The van der Waals surface area contributed by atoms with Gasteiger partial charge >= 0.3 is 0 Å². The molecule has 0 bridgehead atoms. The molecule has 1 aromatic carbocycles. The van der Waals surface area contributed by atoms with Gasteiger partial charge in [-0.15, -0.1) is 0 Å². The quantitative estimate of drug-likeness (QED) is 0.769. The molecule has 3 N–H and O–H groups in total. The summed E-state index contributed by atoms with van der Waals surface area (Å²) in [4.78, 5) is 0. The van der Waals surface area contributed by atoms with Gasteiger partial charge < -0.3 is 15.8 Å². The van der Waals surface area contributed by atoms with Crippen LogP contribution >= 0.6 is 0 Å². The molecule has 0 amide bonds. The molecule has 1 aromatic heterocycles. The second-order valence-electron chi connectivity index (χ2n) is 5.25. The van der Waals surface area contributed by atoms with E-state index in [0.717, 1.165) is 35.8 Å². The molecule has 0 radical (unpaired) electrons. The Morgan fingerprint density at radius 2 is 2.10 bits per heavy atom. The van der Waals surface area contributed by atoms with Crippen LogP contribution in [0.15, 0.2) is 30.5 Å². The van der Waals surface area contributed by atoms with Crippen LogP contribution < -0.4 is 15.8 Å². The van der Waals surface area contributed by atoms with Gasteiger partial charge in [-0.3, -0.25) is 0 Å². The van der Waals surface area contributed by atoms with E-state index in [1.54, 1.807) is 7.11 Å². The van der Waals surface area contributed by atoms with E-state index in [2.05, 4.69) is 24.3 Å². The van der Waals surface area contributed by atoms with Gasteiger partial charge in [0.05, 0.1) is 24.7 Å². The molecule has 0 unspecified atom stereocenters. The second kappa shape index (κ2) is 7.13. The number of aromatic nitrogens is 2. The first kappa shape index (κ1) is 15.4. The second-order valence-corrected chi connectivity index (χ2v) is 5.25. The average molecular weight is 288 g/mol. The van der Waals surface area contributed by atoms with Crippen molar-refractivity contribution in [3.05, 3.63) is 36.2 Å². The van der Waals surface area contributed by atoms with Gasteiger partial charge in [0, 0.05) is 6.54 Å². The Morgan fingerprint density at radius 1 is 1.33 bits per heavy atom. The number of benzene rings is 1. The van der Waals surface area contributed by atoms with Crippen molar-refractivity contribution in [2.45, 2.75) is 26.2 Å². The smallest absolute Gasteiger partial charge is 0.144 e. The van der Waals surface area contributed by atoms with E-state index in [1.165, 1.54) is 0 Å². The Morgan fingerprint density at radius 3 is 2.76 bits per heavy atom. The van der Waals surface area contributed by atoms with Crippen LogP contribution in [0.1, 0.15) is 31.9 Å². The number of nitrogens with one attached hydrogen (secondary N) is 1. The summed E-state index contributed by atoms with van der Waals surface area (Å²) >= 11 is 0. The van der Waals surface area contributed by atoms with Crippen LogP contribution in [0.4, 0.5) is 5.69 Å². The Bertz CT molecular complexity index is 577. The molecule has 0 saturated heterocycles. The van der Waals surface area contributed by atoms with Crippen LogP contribution in [0.2, 0.25) is 0 Å². The van der Waals surface area contributed by atoms with Crippen molar-refractivity contribution in [2.24, 2.45) is 5.73 Å². The largest absolute Gasteiger partial charge is 0.494 e. The molecule has 0 saturated carbocycles. The number of anilines is 1. The molecule has 0 aliphatic carbocycles. The highest BCUT2D eigenvalue weighted by atomic mass is 16.5. The van der Waals surface area contributed by atoms with Gasteiger partial charge in [0.15, 0.2) is 0 Å². The molecule has 21 heavy (non-hydrogen) atoms. The fourth-order valence-electron chi connectivity index (χ4n) is 2.37. The first-order valence-corrected chi connectivity index (χ1v) is 7.34. The summed E-state index contributed by atoms with van der Waals surface area (Å²) in [5.74, 6) is 1.16. The van der Waals surface area contributed by atoms with Gasteiger partial charge in [-0.1, -0.05) is 26.0 Å². The third-order valence-corrected chi connectivity index (χ3v) is 3.36. The maximum absolute atomic E-state index is 5.55. The van der Waals surface area contributed by atoms with Gasteiger partial charge in [-0.05, 0) is 31.0 Å². The number of hydrogen-bond donors (Lipinski definition) is 2. The van der Waals surface area contributed by atoms with Gasteiger partial charge in [-0.2, -0.15) is 5.10 Å². The lowest BCUT2D eigenvalue weighted by molar-refractivity contribution is 0.411. The average Bonchev–Trinajstić information content (AvgIpc) is 2.91. The van der Waals surface area contributed by atoms with Crippen molar-refractivity contribution in [1.82, 2.24) is 9.78 Å². The fraction of sp³-hybridized carbons (Fsp3) is 0.438. The maximum Gasteiger partial charge on any atom is 0.144 e. The van der Waals surface area contributed by atoms with Crippen molar-refractivity contribution in [2.75, 3.05) is 25.5 Å². The molecule has 2 rings (SSSR count). The number of methoxy groups -OCH3 is 1. The zero-order valence-corrected chi connectivity index (χ0v) is 13.0. The van der Waals surface area contributed by atoms with Crippen LogP contribution in [-0.4, -0.2) is 30.0 Å². The Kier molecular flexibility index (Phi) is 5.22. The SMILES string of the molecule is COc1ccccc1-n1ncc(NCCCN)c1C(C)C. The highest BCUT2D eigenvalue weighted by Crippen LogP contribution is 2.30. The normalized spacial score (nSPS) is 10.9. The highest BCUT2D eigenvalue weighted by Gasteiger charge is 2.17. The number of hydrogen-bond acceptors (Lipinski definition) is 4. The minimum Gasteiger partial charge on any atom is -0.494 e. The van der Waals surface area contributed by atoms with Crippen molar-refractivity contribution in [1.29, 1.82) is 0 Å². The molecule has 5 heteroatoms. The summed E-state index contributed by atoms with van der Waals surface area (Å²) < 4.78 is 7.40. The minimum absolute atomic E-state index is 0.345. The number of rotatable bonds is 7. The molecule has 114 valence electrons. The molecule has 0 aliphatic rings. The fourth-order valence-corrected chi connectivity index (χ4v) is 2.37. The predicted octanol–water partition coefficient (Wildman–Crippen LogP) is 2.77. The van der Waals surface area contributed by atoms with E-state index in [1.807, 2.05) is 35.1 Å². The van der Waals surface area contributed by atoms with Crippen LogP contribution in [0.5, 0.6) is 5.75 Å². The lowest BCUT2D eigenvalue weighted by atomic mass is 10.1. The standard InChI is InChI=1S/C16H24N4O/c1-12(2)16-13(18-10-6-9-17)11-19-20(16)14-7-4-5-8-15(14)21-3/h4-5,7-8,11-12,18H,6,9-10,17H2,1-3H3. The first-order valence-electron chi connectivity index (χ1n) is 7.34. The highest BCUT2D eigenvalue weighted by molar-refractivity contribution is 5.55. The zero-order chi connectivity index (χ0) is 15.2. The molecule has 0 aliphatic heterocycles. The molecule has 2 aromatic rings. The number of para-hydroxylation sites is 2. The predicted molar refractivity (Wildman–Crippen MR) is 86.4 cm³/mol. The van der Waals surface area contributed by atoms with Gasteiger partial charge in [-0.25, -0.2) is 4.68 Å². The van der Waals surface area contributed by atoms with E-state index in [4.69, 9.17) is 10.5 Å². The molecule has 5 nitrogen and oxygen atoms in total. The molecule has 0 atom stereocenters. The number of ether oxygens (including phenoxy) is 1. The molecule has 0 fully saturated rings. The Hall–Kier alpha value is -2.01. The monoisotopic (exact) mass is 288 g/mol. The van der Waals surface area contributed by atoms with Crippen LogP contribution in [0.3, 0.4) is 0 Å². The molecular weight excluding hydrogens is 264 g/mol. The van der Waals surface area contributed by atoms with Gasteiger partial charge in [0.25, 0.3) is 0 Å². The minimum atomic E-state index is 0.345. The molecule has 0 spiro atoms. The van der Waals surface area contributed by atoms with E-state index in [-0.39, 0.29) is 0 Å². The first-order chi connectivity index (χ1) is 10.2. The lowest BCUT2D eigenvalue weighted by Crippen LogP contribution is -2.11. The van der Waals surface area contributed by atoms with Crippen LogP contribution in [-0.2, 0) is 0 Å². The van der Waals surface area contributed by atoms with E-state index in [0.29, 0.717) is 12.5 Å². The Balaban J connectivity index is 2.39.